The summed E-state index contributed by atoms with van der Waals surface area (Å²) in [6.07, 6.45) is 2.01. The predicted molar refractivity (Wildman–Crippen MR) is 302 cm³/mol. The van der Waals surface area contributed by atoms with Crippen molar-refractivity contribution in [1.82, 2.24) is 18.7 Å². The van der Waals surface area contributed by atoms with Crippen molar-refractivity contribution in [2.75, 3.05) is 16.5 Å². The number of anilines is 4. The molecule has 0 atom stereocenters. The van der Waals surface area contributed by atoms with E-state index in [-0.39, 0.29) is 12.1 Å². The Labute approximate surface area is 423 Å². The Hall–Kier alpha value is -8.07. The maximum atomic E-state index is 9.06. The Morgan fingerprint density at radius 2 is 1.11 bits per heavy atom. The number of nitrogens with zero attached hydrogens (tertiary/aromatic N) is 6. The molecule has 8 heteroatoms. The van der Waals surface area contributed by atoms with Gasteiger partial charge in [-0.3, -0.25) is 4.57 Å². The Bertz CT molecular complexity index is 4260. The summed E-state index contributed by atoms with van der Waals surface area (Å²) in [5.41, 5.74) is 10.3. The number of benzene rings is 8. The largest absolute Gasteiger partial charge is 0.457 e. The zero-order valence-corrected chi connectivity index (χ0v) is 41.6. The van der Waals surface area contributed by atoms with Crippen molar-refractivity contribution in [2.45, 2.75) is 45.8 Å². The van der Waals surface area contributed by atoms with Gasteiger partial charge in [0.1, 0.15) is 24.0 Å². The molecule has 5 heterocycles. The highest BCUT2D eigenvalue weighted by Gasteiger charge is 2.34. The van der Waals surface area contributed by atoms with E-state index in [1.54, 1.807) is 0 Å². The summed E-state index contributed by atoms with van der Waals surface area (Å²) < 4.78 is 66.5. The summed E-state index contributed by atoms with van der Waals surface area (Å²) in [6.45, 7) is 8.72. The first kappa shape index (κ1) is 36.8. The lowest BCUT2D eigenvalue weighted by atomic mass is 9.82. The van der Waals surface area contributed by atoms with Crippen molar-refractivity contribution in [1.29, 1.82) is 0 Å². The second kappa shape index (κ2) is 15.7. The Kier molecular flexibility index (Phi) is 8.16. The predicted octanol–water partition coefficient (Wildman–Crippen LogP) is 16.0. The van der Waals surface area contributed by atoms with Crippen LogP contribution in [-0.2, 0) is 19.4 Å². The number of aromatic nitrogens is 4. The van der Waals surface area contributed by atoms with Crippen LogP contribution < -0.4 is 19.7 Å². The molecule has 0 radical (unpaired) electrons. The van der Waals surface area contributed by atoms with Crippen LogP contribution >= 0.6 is 0 Å². The minimum atomic E-state index is -2.62. The summed E-state index contributed by atoms with van der Waals surface area (Å²) in [5, 5.41) is 6.38. The molecule has 0 amide bonds. The van der Waals surface area contributed by atoms with E-state index in [1.165, 1.54) is 19.9 Å². The molecule has 0 bridgehead atoms. The molecule has 0 saturated heterocycles. The van der Waals surface area contributed by atoms with Crippen molar-refractivity contribution in [2.24, 2.45) is 14.0 Å². The van der Waals surface area contributed by atoms with Crippen LogP contribution in [0, 0.1) is 0 Å². The van der Waals surface area contributed by atoms with Gasteiger partial charge in [0.2, 0.25) is 0 Å². The van der Waals surface area contributed by atoms with E-state index in [0.717, 1.165) is 77.4 Å². The van der Waals surface area contributed by atoms with Gasteiger partial charge in [0.15, 0.2) is 0 Å². The van der Waals surface area contributed by atoms with Crippen LogP contribution in [0.1, 0.15) is 34.6 Å². The number of aryl methyl sites for hydroxylation is 2. The molecule has 0 aliphatic carbocycles. The van der Waals surface area contributed by atoms with Gasteiger partial charge in [0.05, 0.1) is 47.2 Å². The molecule has 0 spiro atoms. The van der Waals surface area contributed by atoms with Crippen LogP contribution in [-0.4, -0.2) is 33.4 Å². The van der Waals surface area contributed by atoms with Gasteiger partial charge in [0, 0.05) is 95.1 Å². The summed E-state index contributed by atoms with van der Waals surface area (Å²) in [7, 11) is -2.04. The number of fused-ring (bicyclic) bond motifs is 10. The van der Waals surface area contributed by atoms with Gasteiger partial charge < -0.3 is 23.7 Å². The zero-order valence-electron chi connectivity index (χ0n) is 46.6. The van der Waals surface area contributed by atoms with Gasteiger partial charge in [-0.25, -0.2) is 4.98 Å². The molecule has 7 nitrogen and oxygen atoms in total. The van der Waals surface area contributed by atoms with Crippen molar-refractivity contribution in [3.05, 3.63) is 188 Å². The average molecular weight is 947 g/mol. The van der Waals surface area contributed by atoms with Crippen LogP contribution in [0.25, 0.3) is 82.4 Å². The number of pyridine rings is 1. The fourth-order valence-electron chi connectivity index (χ4n) is 11.1. The van der Waals surface area contributed by atoms with Gasteiger partial charge in [-0.1, -0.05) is 143 Å². The van der Waals surface area contributed by atoms with E-state index >= 15 is 0 Å². The Morgan fingerprint density at radius 1 is 0.535 bits per heavy atom. The summed E-state index contributed by atoms with van der Waals surface area (Å²) in [5.74, 6) is 2.17. The second-order valence-electron chi connectivity index (χ2n) is 21.0. The number of hydrogen-bond donors (Lipinski definition) is 0. The first-order valence-corrected chi connectivity index (χ1v) is 27.8. The topological polar surface area (TPSA) is 43.4 Å². The number of rotatable bonds is 7. The summed E-state index contributed by atoms with van der Waals surface area (Å²) in [4.78, 5) is 9.52. The normalized spacial score (nSPS) is 14.8. The molecule has 13 rings (SSSR count). The van der Waals surface area contributed by atoms with E-state index < -0.39 is 22.0 Å². The quantitative estimate of drug-likeness (QED) is 0.149. The molecule has 1 aliphatic heterocycles. The lowest BCUT2D eigenvalue weighted by Gasteiger charge is -2.26. The van der Waals surface area contributed by atoms with E-state index in [4.69, 9.17) is 17.9 Å². The highest BCUT2D eigenvalue weighted by atomic mass is 28.3. The molecule has 71 heavy (non-hydrogen) atoms. The van der Waals surface area contributed by atoms with Gasteiger partial charge in [-0.2, -0.15) is 0 Å². The molecule has 4 aromatic heterocycles. The number of hydrogen-bond acceptors (Lipinski definition) is 4. The molecule has 12 aromatic rings. The smallest absolute Gasteiger partial charge is 0.137 e. The molecular formula is C63H56N6OSi. The molecule has 0 saturated carbocycles. The molecular weight excluding hydrogens is 885 g/mol. The van der Waals surface area contributed by atoms with Gasteiger partial charge in [-0.05, 0) is 83.3 Å². The number of para-hydroxylation sites is 5. The third kappa shape index (κ3) is 6.72. The standard InChI is InChI=1S/C63H56N6OSi/c1-63(2,3)52-37-59(64-38-51(52)40-20-10-9-11-21-40)69-55-27-17-14-22-45(55)48-31-30-42(35-58(48)69)70-43-32-41(33-44(34-43)71(6,7)8)67-39-68(57-29-19-18-28-56(57)67)62-60-49(46-23-12-15-25-53(46)65(60)4)36-50-47-24-13-16-26-54(47)66(5)61(50)62/h9-38H,39H2,1-8H3/i4D3,5D3. The van der Waals surface area contributed by atoms with Crippen molar-refractivity contribution >= 4 is 101 Å². The highest BCUT2D eigenvalue weighted by Crippen LogP contribution is 2.51. The maximum absolute atomic E-state index is 9.06. The van der Waals surface area contributed by atoms with E-state index in [0.29, 0.717) is 39.3 Å². The summed E-state index contributed by atoms with van der Waals surface area (Å²) >= 11 is 0. The lowest BCUT2D eigenvalue weighted by Crippen LogP contribution is -2.38. The average Bonchev–Trinajstić information content (AvgIpc) is 4.19. The van der Waals surface area contributed by atoms with Crippen LogP contribution in [0.4, 0.5) is 22.7 Å². The Morgan fingerprint density at radius 3 is 1.75 bits per heavy atom. The molecule has 0 N–H and O–H groups in total. The van der Waals surface area contributed by atoms with E-state index in [9.17, 15) is 0 Å². The third-order valence-electron chi connectivity index (χ3n) is 14.5. The van der Waals surface area contributed by atoms with E-state index in [1.807, 2.05) is 91.1 Å². The third-order valence-corrected chi connectivity index (χ3v) is 16.6. The van der Waals surface area contributed by atoms with E-state index in [2.05, 4.69) is 146 Å². The minimum Gasteiger partial charge on any atom is -0.457 e. The van der Waals surface area contributed by atoms with Crippen molar-refractivity contribution < 1.29 is 13.0 Å². The van der Waals surface area contributed by atoms with Crippen LogP contribution in [0.5, 0.6) is 11.5 Å². The maximum Gasteiger partial charge on any atom is 0.137 e. The fourth-order valence-corrected chi connectivity index (χ4v) is 12.2. The minimum absolute atomic E-state index is 0.170. The highest BCUT2D eigenvalue weighted by molar-refractivity contribution is 6.88. The summed E-state index contributed by atoms with van der Waals surface area (Å²) in [6, 6.07) is 59.1. The lowest BCUT2D eigenvalue weighted by molar-refractivity contribution is 0.484. The monoisotopic (exact) mass is 946 g/mol. The van der Waals surface area contributed by atoms with Crippen LogP contribution in [0.3, 0.4) is 0 Å². The van der Waals surface area contributed by atoms with Crippen LogP contribution in [0.15, 0.2) is 182 Å². The molecule has 0 unspecified atom stereocenters. The van der Waals surface area contributed by atoms with Crippen LogP contribution in [0.2, 0.25) is 19.6 Å². The number of ether oxygens (including phenoxy) is 1. The molecule has 0 fully saturated rings. The SMILES string of the molecule is [2H]C([2H])([2H])n1c2ccccc2c2cc3c4ccccc4n(C([2H])([2H])[2H])c3c(N3CN(c4cc(Oc5ccc6c7ccccc7n(-c7cc(C(C)(C)C)c(-c8ccccc8)cn7)c6c5)cc([Si](C)(C)C)c4)c4ccccc43)c21. The van der Waals surface area contributed by atoms with Gasteiger partial charge in [0.25, 0.3) is 0 Å². The second-order valence-corrected chi connectivity index (χ2v) is 26.1. The fraction of sp³-hybridized carbons (Fsp3) is 0.159. The first-order chi connectivity index (χ1) is 36.7. The molecule has 1 aliphatic rings. The zero-order chi connectivity index (χ0) is 53.5. The molecule has 8 aromatic carbocycles. The first-order valence-electron chi connectivity index (χ1n) is 27.3. The van der Waals surface area contributed by atoms with Crippen molar-refractivity contribution in [3.8, 4) is 28.4 Å². The molecule has 348 valence electrons. The Balaban J connectivity index is 0.980. The van der Waals surface area contributed by atoms with Gasteiger partial charge >= 0.3 is 0 Å². The van der Waals surface area contributed by atoms with Gasteiger partial charge in [-0.15, -0.1) is 0 Å². The van der Waals surface area contributed by atoms with Crippen molar-refractivity contribution in [3.63, 3.8) is 0 Å².